The number of hydrogen-bond acceptors (Lipinski definition) is 2. The van der Waals surface area contributed by atoms with E-state index in [1.54, 1.807) is 0 Å². The molecule has 0 spiro atoms. The van der Waals surface area contributed by atoms with E-state index in [1.807, 2.05) is 25.7 Å². The van der Waals surface area contributed by atoms with Gasteiger partial charge in [-0.2, -0.15) is 0 Å². The molecular weight excluding hydrogens is 250 g/mol. The fourth-order valence-electron chi connectivity index (χ4n) is 2.91. The SMILES string of the molecule is Cc1cc(C)c2c(c1)[C@@H](C)N(C(=O)OC(C)(C)C)CC2. The summed E-state index contributed by atoms with van der Waals surface area (Å²) in [4.78, 5) is 14.1. The number of amides is 1. The zero-order valence-corrected chi connectivity index (χ0v) is 13.4. The van der Waals surface area contributed by atoms with Gasteiger partial charge in [-0.3, -0.25) is 0 Å². The second-order valence-corrected chi connectivity index (χ2v) is 6.75. The topological polar surface area (TPSA) is 29.5 Å². The minimum absolute atomic E-state index is 0.0761. The lowest BCUT2D eigenvalue weighted by Crippen LogP contribution is -2.42. The predicted molar refractivity (Wildman–Crippen MR) is 81.0 cm³/mol. The molecule has 1 aromatic rings. The third kappa shape index (κ3) is 2.97. The van der Waals surface area contributed by atoms with E-state index < -0.39 is 5.60 Å². The van der Waals surface area contributed by atoms with Crippen LogP contribution in [0, 0.1) is 13.8 Å². The van der Waals surface area contributed by atoms with Gasteiger partial charge in [-0.1, -0.05) is 17.7 Å². The number of aryl methyl sites for hydroxylation is 2. The van der Waals surface area contributed by atoms with Crippen LogP contribution in [0.15, 0.2) is 12.1 Å². The van der Waals surface area contributed by atoms with E-state index in [-0.39, 0.29) is 12.1 Å². The molecule has 0 saturated carbocycles. The number of benzene rings is 1. The van der Waals surface area contributed by atoms with Crippen molar-refractivity contribution < 1.29 is 9.53 Å². The Morgan fingerprint density at radius 2 is 1.95 bits per heavy atom. The number of rotatable bonds is 0. The standard InChI is InChI=1S/C17H25NO2/c1-11-9-12(2)14-7-8-18(13(3)15(14)10-11)16(19)20-17(4,5)6/h9-10,13H,7-8H2,1-6H3/t13-/m1/s1. The second-order valence-electron chi connectivity index (χ2n) is 6.75. The number of nitrogens with zero attached hydrogens (tertiary/aromatic N) is 1. The number of ether oxygens (including phenoxy) is 1. The van der Waals surface area contributed by atoms with Gasteiger partial charge in [0.2, 0.25) is 0 Å². The number of carbonyl (C=O) groups is 1. The number of fused-ring (bicyclic) bond motifs is 1. The molecule has 20 heavy (non-hydrogen) atoms. The van der Waals surface area contributed by atoms with Crippen LogP contribution in [0.1, 0.15) is 56.0 Å². The summed E-state index contributed by atoms with van der Waals surface area (Å²) in [5, 5.41) is 0. The van der Waals surface area contributed by atoms with E-state index >= 15 is 0 Å². The van der Waals surface area contributed by atoms with Crippen LogP contribution in [0.4, 0.5) is 4.79 Å². The Labute approximate surface area is 121 Å². The maximum atomic E-state index is 12.3. The smallest absolute Gasteiger partial charge is 0.410 e. The number of carbonyl (C=O) groups excluding carboxylic acids is 1. The Morgan fingerprint density at radius 1 is 1.30 bits per heavy atom. The molecule has 3 nitrogen and oxygen atoms in total. The minimum Gasteiger partial charge on any atom is -0.444 e. The molecule has 1 aromatic carbocycles. The summed E-state index contributed by atoms with van der Waals surface area (Å²) in [6.45, 7) is 12.8. The largest absolute Gasteiger partial charge is 0.444 e. The van der Waals surface area contributed by atoms with Gasteiger partial charge >= 0.3 is 6.09 Å². The number of hydrogen-bond donors (Lipinski definition) is 0. The highest BCUT2D eigenvalue weighted by Gasteiger charge is 2.31. The molecule has 1 atom stereocenters. The molecule has 0 bridgehead atoms. The molecular formula is C17H25NO2. The van der Waals surface area contributed by atoms with Crippen molar-refractivity contribution in [1.29, 1.82) is 0 Å². The van der Waals surface area contributed by atoms with Crippen LogP contribution in [0.2, 0.25) is 0 Å². The van der Waals surface area contributed by atoms with Crippen LogP contribution >= 0.6 is 0 Å². The summed E-state index contributed by atoms with van der Waals surface area (Å²) < 4.78 is 5.51. The average Bonchev–Trinajstić information content (AvgIpc) is 2.28. The highest BCUT2D eigenvalue weighted by Crippen LogP contribution is 2.33. The quantitative estimate of drug-likeness (QED) is 0.711. The van der Waals surface area contributed by atoms with Gasteiger partial charge in [0.25, 0.3) is 0 Å². The van der Waals surface area contributed by atoms with E-state index in [1.165, 1.54) is 22.3 Å². The van der Waals surface area contributed by atoms with Crippen LogP contribution in [0.5, 0.6) is 0 Å². The Morgan fingerprint density at radius 3 is 2.55 bits per heavy atom. The Bertz CT molecular complexity index is 529. The van der Waals surface area contributed by atoms with Crippen LogP contribution in [-0.4, -0.2) is 23.1 Å². The first-order chi connectivity index (χ1) is 9.19. The molecule has 0 saturated heterocycles. The highest BCUT2D eigenvalue weighted by molar-refractivity contribution is 5.69. The van der Waals surface area contributed by atoms with Gasteiger partial charge in [-0.05, 0) is 64.7 Å². The third-order valence-corrected chi connectivity index (χ3v) is 3.80. The summed E-state index contributed by atoms with van der Waals surface area (Å²) in [6.07, 6.45) is 0.695. The summed E-state index contributed by atoms with van der Waals surface area (Å²) >= 11 is 0. The summed E-state index contributed by atoms with van der Waals surface area (Å²) in [6, 6.07) is 4.49. The van der Waals surface area contributed by atoms with Crippen molar-refractivity contribution in [2.24, 2.45) is 0 Å². The van der Waals surface area contributed by atoms with Gasteiger partial charge in [-0.25, -0.2) is 4.79 Å². The summed E-state index contributed by atoms with van der Waals surface area (Å²) in [5.41, 5.74) is 4.79. The molecule has 0 unspecified atom stereocenters. The minimum atomic E-state index is -0.445. The van der Waals surface area contributed by atoms with E-state index in [0.717, 1.165) is 13.0 Å². The van der Waals surface area contributed by atoms with E-state index in [4.69, 9.17) is 4.74 Å². The second kappa shape index (κ2) is 5.12. The van der Waals surface area contributed by atoms with Gasteiger partial charge in [0.15, 0.2) is 0 Å². The first-order valence-corrected chi connectivity index (χ1v) is 7.28. The van der Waals surface area contributed by atoms with Crippen molar-refractivity contribution >= 4 is 6.09 Å². The molecule has 110 valence electrons. The molecule has 1 heterocycles. The van der Waals surface area contributed by atoms with Crippen LogP contribution in [0.25, 0.3) is 0 Å². The monoisotopic (exact) mass is 275 g/mol. The lowest BCUT2D eigenvalue weighted by Gasteiger charge is -2.37. The first kappa shape index (κ1) is 14.9. The lowest BCUT2D eigenvalue weighted by atomic mass is 9.89. The first-order valence-electron chi connectivity index (χ1n) is 7.28. The molecule has 2 rings (SSSR count). The Kier molecular flexibility index (Phi) is 3.81. The van der Waals surface area contributed by atoms with Gasteiger partial charge in [0.1, 0.15) is 5.60 Å². The van der Waals surface area contributed by atoms with E-state index in [9.17, 15) is 4.79 Å². The van der Waals surface area contributed by atoms with Crippen LogP contribution in [0.3, 0.4) is 0 Å². The molecule has 1 amide bonds. The Hall–Kier alpha value is -1.51. The molecule has 1 aliphatic rings. The molecule has 0 aromatic heterocycles. The highest BCUT2D eigenvalue weighted by atomic mass is 16.6. The normalized spacial score (nSPS) is 18.7. The fraction of sp³-hybridized carbons (Fsp3) is 0.588. The molecule has 0 N–H and O–H groups in total. The van der Waals surface area contributed by atoms with E-state index in [2.05, 4.69) is 32.9 Å². The zero-order chi connectivity index (χ0) is 15.1. The van der Waals surface area contributed by atoms with Gasteiger partial charge in [0, 0.05) is 6.54 Å². The molecule has 0 fully saturated rings. The van der Waals surface area contributed by atoms with Crippen molar-refractivity contribution in [3.63, 3.8) is 0 Å². The molecule has 0 radical (unpaired) electrons. The molecule has 1 aliphatic heterocycles. The van der Waals surface area contributed by atoms with Crippen LogP contribution < -0.4 is 0 Å². The zero-order valence-electron chi connectivity index (χ0n) is 13.4. The van der Waals surface area contributed by atoms with Gasteiger partial charge in [-0.15, -0.1) is 0 Å². The van der Waals surface area contributed by atoms with Crippen molar-refractivity contribution in [3.05, 3.63) is 34.4 Å². The average molecular weight is 275 g/mol. The van der Waals surface area contributed by atoms with Gasteiger partial charge in [0.05, 0.1) is 6.04 Å². The maximum Gasteiger partial charge on any atom is 0.410 e. The predicted octanol–water partition coefficient (Wildman–Crippen LogP) is 4.16. The van der Waals surface area contributed by atoms with Crippen molar-refractivity contribution in [3.8, 4) is 0 Å². The van der Waals surface area contributed by atoms with Crippen molar-refractivity contribution in [1.82, 2.24) is 4.90 Å². The van der Waals surface area contributed by atoms with Crippen molar-refractivity contribution in [2.45, 2.75) is 59.6 Å². The molecule has 0 aliphatic carbocycles. The lowest BCUT2D eigenvalue weighted by molar-refractivity contribution is 0.0159. The van der Waals surface area contributed by atoms with Gasteiger partial charge < -0.3 is 9.64 Å². The van der Waals surface area contributed by atoms with Crippen LogP contribution in [-0.2, 0) is 11.2 Å². The summed E-state index contributed by atoms with van der Waals surface area (Å²) in [7, 11) is 0. The summed E-state index contributed by atoms with van der Waals surface area (Å²) in [5.74, 6) is 0. The van der Waals surface area contributed by atoms with Crippen molar-refractivity contribution in [2.75, 3.05) is 6.54 Å². The third-order valence-electron chi connectivity index (χ3n) is 3.80. The maximum absolute atomic E-state index is 12.3. The fourth-order valence-corrected chi connectivity index (χ4v) is 2.91. The Balaban J connectivity index is 2.28. The van der Waals surface area contributed by atoms with E-state index in [0.29, 0.717) is 0 Å². The molecule has 3 heteroatoms.